The smallest absolute Gasteiger partial charge is 0.169 e. The highest BCUT2D eigenvalue weighted by molar-refractivity contribution is 5.07. The monoisotopic (exact) mass is 416 g/mol. The van der Waals surface area contributed by atoms with Gasteiger partial charge in [-0.15, -0.1) is 0 Å². The van der Waals surface area contributed by atoms with E-state index < -0.39 is 0 Å². The maximum atomic E-state index is 2.38. The van der Waals surface area contributed by atoms with Gasteiger partial charge in [-0.2, -0.15) is 0 Å². The first kappa shape index (κ1) is 27.2. The van der Waals surface area contributed by atoms with Gasteiger partial charge in [0.25, 0.3) is 0 Å². The second-order valence-corrected chi connectivity index (χ2v) is 9.56. The Morgan fingerprint density at radius 1 is 0.467 bits per heavy atom. The van der Waals surface area contributed by atoms with Gasteiger partial charge in [-0.05, 0) is 24.8 Å². The predicted molar refractivity (Wildman–Crippen MR) is 134 cm³/mol. The Hall–Kier alpha value is -0.850. The third kappa shape index (κ3) is 16.9. The van der Waals surface area contributed by atoms with Gasteiger partial charge >= 0.3 is 0 Å². The summed E-state index contributed by atoms with van der Waals surface area (Å²) in [6, 6.07) is 4.70. The van der Waals surface area contributed by atoms with E-state index in [4.69, 9.17) is 0 Å². The van der Waals surface area contributed by atoms with Crippen LogP contribution in [0.2, 0.25) is 0 Å². The van der Waals surface area contributed by atoms with Gasteiger partial charge in [-0.3, -0.25) is 0 Å². The number of hydrogen-bond acceptors (Lipinski definition) is 0. The summed E-state index contributed by atoms with van der Waals surface area (Å²) in [7, 11) is 0. The highest BCUT2D eigenvalue weighted by atomic mass is 14.9. The van der Waals surface area contributed by atoms with Crippen LogP contribution in [0.25, 0.3) is 0 Å². The lowest BCUT2D eigenvalue weighted by molar-refractivity contribution is -0.697. The number of rotatable bonds is 22. The van der Waals surface area contributed by atoms with E-state index in [-0.39, 0.29) is 0 Å². The Labute approximate surface area is 190 Å². The van der Waals surface area contributed by atoms with Crippen LogP contribution in [0.1, 0.15) is 148 Å². The molecular formula is C29H54N+. The zero-order chi connectivity index (χ0) is 21.5. The maximum Gasteiger partial charge on any atom is 0.169 e. The van der Waals surface area contributed by atoms with E-state index in [2.05, 4.69) is 42.9 Å². The number of unbranched alkanes of at least 4 members (excludes halogenated alkanes) is 18. The minimum absolute atomic E-state index is 1.19. The van der Waals surface area contributed by atoms with E-state index in [9.17, 15) is 0 Å². The highest BCUT2D eigenvalue weighted by Crippen LogP contribution is 2.13. The molecule has 1 rings (SSSR count). The number of aryl methyl sites for hydroxylation is 2. The molecule has 0 fully saturated rings. The first-order valence-corrected chi connectivity index (χ1v) is 13.8. The van der Waals surface area contributed by atoms with E-state index in [1.54, 1.807) is 0 Å². The van der Waals surface area contributed by atoms with Crippen LogP contribution in [0.4, 0.5) is 0 Å². The molecule has 0 aromatic carbocycles. The largest absolute Gasteiger partial charge is 0.205 e. The lowest BCUT2D eigenvalue weighted by Gasteiger charge is -2.04. The molecule has 0 spiro atoms. The van der Waals surface area contributed by atoms with E-state index in [1.165, 1.54) is 147 Å². The molecule has 30 heavy (non-hydrogen) atoms. The standard InChI is InChI=1S/C29H54N/c1-3-5-7-9-11-13-14-15-16-17-19-21-23-29-24-27-30(28-25-29)26-22-20-18-12-10-8-6-4-2/h24-25,27-28H,3-23,26H2,1-2H3/q+1. The van der Waals surface area contributed by atoms with Gasteiger partial charge < -0.3 is 0 Å². The normalized spacial score (nSPS) is 11.3. The van der Waals surface area contributed by atoms with Gasteiger partial charge in [0.1, 0.15) is 6.54 Å². The molecule has 1 heteroatoms. The minimum Gasteiger partial charge on any atom is -0.205 e. The van der Waals surface area contributed by atoms with Crippen molar-refractivity contribution >= 4 is 0 Å². The van der Waals surface area contributed by atoms with Crippen molar-refractivity contribution in [1.82, 2.24) is 0 Å². The van der Waals surface area contributed by atoms with Gasteiger partial charge in [0.05, 0.1) is 0 Å². The third-order valence-corrected chi connectivity index (χ3v) is 6.55. The molecule has 174 valence electrons. The molecule has 0 unspecified atom stereocenters. The fraction of sp³-hybridized carbons (Fsp3) is 0.828. The summed E-state index contributed by atoms with van der Waals surface area (Å²) in [5.41, 5.74) is 1.52. The number of hydrogen-bond donors (Lipinski definition) is 0. The summed E-state index contributed by atoms with van der Waals surface area (Å²) in [6.07, 6.45) is 34.3. The molecule has 0 amide bonds. The van der Waals surface area contributed by atoms with Gasteiger partial charge in [0.2, 0.25) is 0 Å². The highest BCUT2D eigenvalue weighted by Gasteiger charge is 2.02. The van der Waals surface area contributed by atoms with E-state index in [0.717, 1.165) is 0 Å². The third-order valence-electron chi connectivity index (χ3n) is 6.55. The molecule has 1 nitrogen and oxygen atoms in total. The Morgan fingerprint density at radius 2 is 0.833 bits per heavy atom. The van der Waals surface area contributed by atoms with Crippen molar-refractivity contribution in [3.05, 3.63) is 30.1 Å². The molecule has 0 aliphatic carbocycles. The van der Waals surface area contributed by atoms with Crippen molar-refractivity contribution < 1.29 is 4.57 Å². The summed E-state index contributed by atoms with van der Waals surface area (Å²) in [4.78, 5) is 0. The van der Waals surface area contributed by atoms with Crippen LogP contribution in [0.15, 0.2) is 24.5 Å². The Morgan fingerprint density at radius 3 is 1.27 bits per heavy atom. The van der Waals surface area contributed by atoms with Gasteiger partial charge in [-0.1, -0.05) is 123 Å². The van der Waals surface area contributed by atoms with Crippen molar-refractivity contribution in [1.29, 1.82) is 0 Å². The molecule has 0 aliphatic rings. The first-order valence-electron chi connectivity index (χ1n) is 13.8. The Kier molecular flexibility index (Phi) is 19.4. The van der Waals surface area contributed by atoms with Crippen LogP contribution in [0, 0.1) is 0 Å². The number of pyridine rings is 1. The van der Waals surface area contributed by atoms with E-state index in [0.29, 0.717) is 0 Å². The molecule has 0 saturated heterocycles. The molecule has 0 saturated carbocycles. The topological polar surface area (TPSA) is 3.88 Å². The lowest BCUT2D eigenvalue weighted by Crippen LogP contribution is -2.32. The lowest BCUT2D eigenvalue weighted by atomic mass is 10.0. The van der Waals surface area contributed by atoms with Crippen LogP contribution in [0.5, 0.6) is 0 Å². The average molecular weight is 417 g/mol. The molecular weight excluding hydrogens is 362 g/mol. The molecule has 0 bridgehead atoms. The fourth-order valence-electron chi connectivity index (χ4n) is 4.40. The SMILES string of the molecule is CCCCCCCCCCCCCCc1cc[n+](CCCCCCCCCC)cc1. The van der Waals surface area contributed by atoms with Crippen molar-refractivity contribution in [2.45, 2.75) is 155 Å². The van der Waals surface area contributed by atoms with Crippen LogP contribution in [-0.4, -0.2) is 0 Å². The second kappa shape index (κ2) is 21.4. The van der Waals surface area contributed by atoms with Gasteiger partial charge in [0, 0.05) is 18.6 Å². The summed E-state index contributed by atoms with van der Waals surface area (Å²) in [5, 5.41) is 0. The average Bonchev–Trinajstić information content (AvgIpc) is 2.77. The second-order valence-electron chi connectivity index (χ2n) is 9.56. The summed E-state index contributed by atoms with van der Waals surface area (Å²) in [5.74, 6) is 0. The van der Waals surface area contributed by atoms with Crippen LogP contribution >= 0.6 is 0 Å². The summed E-state index contributed by atoms with van der Waals surface area (Å²) >= 11 is 0. The Balaban J connectivity index is 1.90. The summed E-state index contributed by atoms with van der Waals surface area (Å²) in [6.45, 7) is 5.78. The van der Waals surface area contributed by atoms with Crippen molar-refractivity contribution in [2.75, 3.05) is 0 Å². The zero-order valence-corrected chi connectivity index (χ0v) is 20.8. The van der Waals surface area contributed by atoms with Crippen LogP contribution in [-0.2, 0) is 13.0 Å². The maximum absolute atomic E-state index is 2.38. The van der Waals surface area contributed by atoms with Crippen LogP contribution < -0.4 is 4.57 Å². The Bertz CT molecular complexity index is 450. The van der Waals surface area contributed by atoms with Crippen LogP contribution in [0.3, 0.4) is 0 Å². The molecule has 0 aliphatic heterocycles. The van der Waals surface area contributed by atoms with Crippen molar-refractivity contribution in [2.24, 2.45) is 0 Å². The molecule has 1 aromatic rings. The molecule has 0 radical (unpaired) electrons. The van der Waals surface area contributed by atoms with E-state index >= 15 is 0 Å². The van der Waals surface area contributed by atoms with Crippen molar-refractivity contribution in [3.8, 4) is 0 Å². The van der Waals surface area contributed by atoms with Gasteiger partial charge in [-0.25, -0.2) is 4.57 Å². The molecule has 1 aromatic heterocycles. The number of nitrogens with zero attached hydrogens (tertiary/aromatic N) is 1. The van der Waals surface area contributed by atoms with Crippen molar-refractivity contribution in [3.63, 3.8) is 0 Å². The van der Waals surface area contributed by atoms with E-state index in [1.807, 2.05) is 0 Å². The number of aromatic nitrogens is 1. The molecule has 1 heterocycles. The summed E-state index contributed by atoms with van der Waals surface area (Å²) < 4.78 is 2.38. The molecule has 0 N–H and O–H groups in total. The van der Waals surface area contributed by atoms with Gasteiger partial charge in [0.15, 0.2) is 12.4 Å². The quantitative estimate of drug-likeness (QED) is 0.131. The zero-order valence-electron chi connectivity index (χ0n) is 20.8. The molecule has 0 atom stereocenters. The first-order chi connectivity index (χ1) is 14.9. The predicted octanol–water partition coefficient (Wildman–Crippen LogP) is 9.36. The fourth-order valence-corrected chi connectivity index (χ4v) is 4.40. The minimum atomic E-state index is 1.19.